The van der Waals surface area contributed by atoms with Crippen LogP contribution < -0.4 is 9.84 Å². The predicted octanol–water partition coefficient (Wildman–Crippen LogP) is 6.77. The number of rotatable bonds is 11. The molecule has 1 amide bonds. The van der Waals surface area contributed by atoms with Crippen LogP contribution in [0.3, 0.4) is 0 Å². The van der Waals surface area contributed by atoms with Crippen molar-refractivity contribution in [2.75, 3.05) is 4.41 Å². The van der Waals surface area contributed by atoms with Crippen molar-refractivity contribution in [1.82, 2.24) is 15.0 Å². The predicted molar refractivity (Wildman–Crippen MR) is 155 cm³/mol. The number of amides is 1. The molecule has 0 fully saturated rings. The number of aryl methyl sites for hydroxylation is 3. The molecule has 1 aromatic heterocycles. The van der Waals surface area contributed by atoms with Crippen LogP contribution in [0.1, 0.15) is 65.5 Å². The summed E-state index contributed by atoms with van der Waals surface area (Å²) >= 11 is 4.22. The van der Waals surface area contributed by atoms with E-state index in [1.807, 2.05) is 24.5 Å². The summed E-state index contributed by atoms with van der Waals surface area (Å²) in [5, 5.41) is 0.715. The van der Waals surface area contributed by atoms with E-state index in [4.69, 9.17) is 11.6 Å². The highest BCUT2D eigenvalue weighted by Crippen LogP contribution is 2.25. The molecule has 0 saturated carbocycles. The number of unbranched alkanes of at least 4 members (excludes halogenated alkanes) is 3. The Labute approximate surface area is 231 Å². The molecular weight excluding hydrogens is 520 g/mol. The Morgan fingerprint density at radius 3 is 2.50 bits per heavy atom. The topological polar surface area (TPSA) is 87.5 Å². The monoisotopic (exact) mass is 552 g/mol. The third-order valence-corrected chi connectivity index (χ3v) is 7.56. The van der Waals surface area contributed by atoms with Crippen LogP contribution in [-0.2, 0) is 24.2 Å². The Morgan fingerprint density at radius 1 is 1.05 bits per heavy atom. The highest BCUT2D eigenvalue weighted by Gasteiger charge is 2.19. The van der Waals surface area contributed by atoms with Crippen LogP contribution >= 0.6 is 11.6 Å². The molecule has 0 aliphatic rings. The average Bonchev–Trinajstić information content (AvgIpc) is 3.21. The first-order chi connectivity index (χ1) is 18.3. The van der Waals surface area contributed by atoms with Gasteiger partial charge in [0.05, 0.1) is 23.3 Å². The van der Waals surface area contributed by atoms with Gasteiger partial charge in [-0.25, -0.2) is 14.6 Å². The molecular formula is C29H33ClN4O3S. The van der Waals surface area contributed by atoms with Crippen LogP contribution in [0.5, 0.6) is 0 Å². The van der Waals surface area contributed by atoms with Crippen molar-refractivity contribution >= 4 is 45.5 Å². The van der Waals surface area contributed by atoms with Gasteiger partial charge in [-0.2, -0.15) is 4.41 Å². The van der Waals surface area contributed by atoms with Gasteiger partial charge in [-0.3, -0.25) is 9.35 Å². The fourth-order valence-electron chi connectivity index (χ4n) is 4.42. The maximum Gasteiger partial charge on any atom is 0.281 e. The Bertz CT molecular complexity index is 1450. The summed E-state index contributed by atoms with van der Waals surface area (Å²) in [6.45, 7) is 6.56. The molecule has 1 heterocycles. The molecule has 7 nitrogen and oxygen atoms in total. The lowest BCUT2D eigenvalue weighted by molar-refractivity contribution is 0.0955. The number of carbonyl (C=O) groups is 1. The summed E-state index contributed by atoms with van der Waals surface area (Å²) in [5.74, 6) is 0.292. The molecule has 2 N–H and O–H groups in total. The van der Waals surface area contributed by atoms with Gasteiger partial charge in [0.15, 0.2) is 0 Å². The molecule has 1 atom stereocenters. The minimum atomic E-state index is -2.45. The molecule has 0 aliphatic carbocycles. The molecule has 0 bridgehead atoms. The third-order valence-electron chi connectivity index (χ3n) is 6.59. The number of nitrogens with one attached hydrogen (secondary N) is 1. The summed E-state index contributed by atoms with van der Waals surface area (Å²) < 4.78 is 24.7. The SMILES string of the molecule is CCCCCCc1ccc(Cn2c(C)nc3ccc(C(=O)NN(c4ccc(C)cc4)S(=O)O)cc32)c(Cl)c1. The van der Waals surface area contributed by atoms with Crippen molar-refractivity contribution in [3.05, 3.63) is 93.8 Å². The first-order valence-electron chi connectivity index (χ1n) is 12.8. The molecule has 9 heteroatoms. The average molecular weight is 553 g/mol. The first-order valence-corrected chi connectivity index (χ1v) is 14.2. The van der Waals surface area contributed by atoms with E-state index in [-0.39, 0.29) is 0 Å². The molecule has 38 heavy (non-hydrogen) atoms. The van der Waals surface area contributed by atoms with E-state index in [1.165, 1.54) is 24.8 Å². The van der Waals surface area contributed by atoms with Crippen molar-refractivity contribution < 1.29 is 13.6 Å². The lowest BCUT2D eigenvalue weighted by Gasteiger charge is -2.20. The minimum absolute atomic E-state index is 0.342. The summed E-state index contributed by atoms with van der Waals surface area (Å²) in [5.41, 5.74) is 8.03. The fraction of sp³-hybridized carbons (Fsp3) is 0.310. The number of anilines is 1. The quantitative estimate of drug-likeness (QED) is 0.122. The number of benzene rings is 3. The van der Waals surface area contributed by atoms with Crippen molar-refractivity contribution in [2.24, 2.45) is 0 Å². The number of fused-ring (bicyclic) bond motifs is 1. The van der Waals surface area contributed by atoms with E-state index in [2.05, 4.69) is 29.5 Å². The lowest BCUT2D eigenvalue weighted by atomic mass is 10.0. The van der Waals surface area contributed by atoms with E-state index in [1.54, 1.807) is 42.5 Å². The number of aromatic nitrogens is 2. The second kappa shape index (κ2) is 12.6. The Morgan fingerprint density at radius 2 is 1.82 bits per heavy atom. The molecule has 3 aromatic carbocycles. The summed E-state index contributed by atoms with van der Waals surface area (Å²) in [7, 11) is 0. The van der Waals surface area contributed by atoms with Crippen molar-refractivity contribution in [3.63, 3.8) is 0 Å². The smallest absolute Gasteiger partial charge is 0.281 e. The number of imidazole rings is 1. The van der Waals surface area contributed by atoms with Crippen LogP contribution in [0.4, 0.5) is 5.69 Å². The largest absolute Gasteiger partial charge is 0.324 e. The van der Waals surface area contributed by atoms with E-state index < -0.39 is 17.2 Å². The fourth-order valence-corrected chi connectivity index (χ4v) is 5.14. The zero-order valence-corrected chi connectivity index (χ0v) is 23.5. The number of halogens is 1. The maximum atomic E-state index is 13.1. The van der Waals surface area contributed by atoms with Gasteiger partial charge in [0.25, 0.3) is 17.2 Å². The zero-order chi connectivity index (χ0) is 27.2. The van der Waals surface area contributed by atoms with Crippen LogP contribution in [0, 0.1) is 13.8 Å². The van der Waals surface area contributed by atoms with Crippen LogP contribution in [0.2, 0.25) is 5.02 Å². The van der Waals surface area contributed by atoms with Crippen LogP contribution in [0.25, 0.3) is 11.0 Å². The van der Waals surface area contributed by atoms with Gasteiger partial charge in [-0.1, -0.05) is 67.6 Å². The molecule has 1 unspecified atom stereocenters. The van der Waals surface area contributed by atoms with Gasteiger partial charge in [-0.05, 0) is 74.2 Å². The summed E-state index contributed by atoms with van der Waals surface area (Å²) in [4.78, 5) is 17.7. The highest BCUT2D eigenvalue weighted by atomic mass is 35.5. The molecule has 0 spiro atoms. The van der Waals surface area contributed by atoms with E-state index in [0.29, 0.717) is 22.8 Å². The normalized spacial score (nSPS) is 12.0. The van der Waals surface area contributed by atoms with E-state index in [0.717, 1.165) is 45.2 Å². The van der Waals surface area contributed by atoms with Gasteiger partial charge >= 0.3 is 0 Å². The number of hydrogen-bond acceptors (Lipinski definition) is 3. The minimum Gasteiger partial charge on any atom is -0.324 e. The first kappa shape index (κ1) is 27.8. The van der Waals surface area contributed by atoms with Gasteiger partial charge in [0.2, 0.25) is 0 Å². The number of hydrazine groups is 1. The molecule has 0 saturated heterocycles. The van der Waals surface area contributed by atoms with Gasteiger partial charge in [0, 0.05) is 10.6 Å². The second-order valence-corrected chi connectivity index (χ2v) is 10.7. The molecule has 4 aromatic rings. The van der Waals surface area contributed by atoms with E-state index >= 15 is 0 Å². The Kier molecular flexibility index (Phi) is 9.20. The standard InChI is InChI=1S/C29H33ClN4O3S/c1-4-5-6-7-8-22-11-12-24(26(30)17-22)19-33-21(3)31-27-16-13-23(18-28(27)33)29(35)32-34(38(36)37)25-14-9-20(2)10-15-25/h9-18H,4-8,19H2,1-3H3,(H,32,35)(H,36,37). The summed E-state index contributed by atoms with van der Waals surface area (Å²) in [6, 6.07) is 18.4. The number of hydrogen-bond donors (Lipinski definition) is 2. The lowest BCUT2D eigenvalue weighted by Crippen LogP contribution is -2.43. The summed E-state index contributed by atoms with van der Waals surface area (Å²) in [6.07, 6.45) is 5.87. The Hall–Kier alpha value is -3.20. The van der Waals surface area contributed by atoms with Crippen molar-refractivity contribution in [1.29, 1.82) is 0 Å². The maximum absolute atomic E-state index is 13.1. The Balaban J connectivity index is 1.55. The second-order valence-electron chi connectivity index (χ2n) is 9.49. The molecule has 0 aliphatic heterocycles. The molecule has 0 radical (unpaired) electrons. The van der Waals surface area contributed by atoms with Crippen LogP contribution in [0.15, 0.2) is 60.7 Å². The highest BCUT2D eigenvalue weighted by molar-refractivity contribution is 7.80. The van der Waals surface area contributed by atoms with Gasteiger partial charge < -0.3 is 4.57 Å². The van der Waals surface area contributed by atoms with Gasteiger partial charge in [0.1, 0.15) is 5.82 Å². The molecule has 4 rings (SSSR count). The van der Waals surface area contributed by atoms with E-state index in [9.17, 15) is 13.6 Å². The van der Waals surface area contributed by atoms with Crippen molar-refractivity contribution in [2.45, 2.75) is 59.4 Å². The van der Waals surface area contributed by atoms with Crippen LogP contribution in [-0.4, -0.2) is 24.2 Å². The van der Waals surface area contributed by atoms with Crippen molar-refractivity contribution in [3.8, 4) is 0 Å². The molecule has 200 valence electrons. The van der Waals surface area contributed by atoms with Gasteiger partial charge in [-0.15, -0.1) is 0 Å². The number of carbonyl (C=O) groups excluding carboxylic acids is 1. The number of nitrogens with zero attached hydrogens (tertiary/aromatic N) is 3. The third kappa shape index (κ3) is 6.62. The zero-order valence-electron chi connectivity index (χ0n) is 21.9.